The molecule has 1 aliphatic rings. The zero-order valence-corrected chi connectivity index (χ0v) is 19.2. The fourth-order valence-electron chi connectivity index (χ4n) is 4.14. The lowest BCUT2D eigenvalue weighted by Crippen LogP contribution is -2.48. The summed E-state index contributed by atoms with van der Waals surface area (Å²) in [6, 6.07) is 13.7. The average molecular weight is 450 g/mol. The predicted molar refractivity (Wildman–Crippen MR) is 127 cm³/mol. The molecule has 1 fully saturated rings. The molecule has 0 radical (unpaired) electrons. The Bertz CT molecular complexity index is 1140. The minimum absolute atomic E-state index is 0.123. The predicted octanol–water partition coefficient (Wildman–Crippen LogP) is 3.55. The molecule has 3 aromatic rings. The third-order valence-electron chi connectivity index (χ3n) is 6.05. The molecule has 4 rings (SSSR count). The zero-order chi connectivity index (χ0) is 22.7. The van der Waals surface area contributed by atoms with Gasteiger partial charge in [-0.15, -0.1) is 11.3 Å². The van der Waals surface area contributed by atoms with Gasteiger partial charge in [-0.25, -0.2) is 0 Å². The first-order chi connectivity index (χ1) is 15.5. The van der Waals surface area contributed by atoms with E-state index < -0.39 is 0 Å². The standard InChI is InChI=1S/C24H27N5O2S/c1-17-18(2)29(15-19-6-5-13-32-19)24(20(17)14-25)26-23(31)16-27-9-11-28(12-10-27)21-7-3-4-8-22(21)30/h3-8,13,30H,9-12,15-16H2,1-2H3,(H,26,31). The second kappa shape index (κ2) is 9.47. The van der Waals surface area contributed by atoms with Crippen LogP contribution in [0.2, 0.25) is 0 Å². The first-order valence-corrected chi connectivity index (χ1v) is 11.5. The number of hydrogen-bond acceptors (Lipinski definition) is 6. The van der Waals surface area contributed by atoms with Gasteiger partial charge >= 0.3 is 0 Å². The van der Waals surface area contributed by atoms with Crippen LogP contribution < -0.4 is 10.2 Å². The highest BCUT2D eigenvalue weighted by atomic mass is 32.1. The molecular weight excluding hydrogens is 422 g/mol. The first kappa shape index (κ1) is 21.9. The Hall–Kier alpha value is -3.28. The molecule has 2 N–H and O–H groups in total. The number of nitriles is 1. The highest BCUT2D eigenvalue weighted by Gasteiger charge is 2.23. The number of hydrogen-bond donors (Lipinski definition) is 2. The van der Waals surface area contributed by atoms with E-state index in [9.17, 15) is 15.2 Å². The highest BCUT2D eigenvalue weighted by Crippen LogP contribution is 2.29. The van der Waals surface area contributed by atoms with Gasteiger partial charge < -0.3 is 19.9 Å². The van der Waals surface area contributed by atoms with Crippen molar-refractivity contribution in [3.63, 3.8) is 0 Å². The number of anilines is 2. The Kier molecular flexibility index (Phi) is 6.49. The maximum atomic E-state index is 12.9. The molecule has 0 bridgehead atoms. The summed E-state index contributed by atoms with van der Waals surface area (Å²) in [5, 5.41) is 24.8. The third-order valence-corrected chi connectivity index (χ3v) is 6.92. The molecule has 0 saturated carbocycles. The van der Waals surface area contributed by atoms with Crippen molar-refractivity contribution in [2.45, 2.75) is 20.4 Å². The van der Waals surface area contributed by atoms with Crippen LogP contribution in [0.25, 0.3) is 0 Å². The number of carbonyl (C=O) groups is 1. The minimum Gasteiger partial charge on any atom is -0.506 e. The van der Waals surface area contributed by atoms with Crippen LogP contribution in [0.15, 0.2) is 41.8 Å². The molecule has 32 heavy (non-hydrogen) atoms. The molecule has 0 aliphatic carbocycles. The van der Waals surface area contributed by atoms with Gasteiger partial charge in [0.05, 0.1) is 24.3 Å². The number of nitrogens with one attached hydrogen (secondary N) is 1. The van der Waals surface area contributed by atoms with Crippen molar-refractivity contribution >= 4 is 28.7 Å². The van der Waals surface area contributed by atoms with E-state index >= 15 is 0 Å². The minimum atomic E-state index is -0.123. The van der Waals surface area contributed by atoms with Gasteiger partial charge in [-0.05, 0) is 43.0 Å². The van der Waals surface area contributed by atoms with Gasteiger partial charge in [0.1, 0.15) is 17.6 Å². The van der Waals surface area contributed by atoms with Crippen molar-refractivity contribution in [1.29, 1.82) is 5.26 Å². The molecule has 1 aromatic carbocycles. The lowest BCUT2D eigenvalue weighted by molar-refractivity contribution is -0.117. The normalized spacial score (nSPS) is 14.3. The summed E-state index contributed by atoms with van der Waals surface area (Å²) in [7, 11) is 0. The van der Waals surface area contributed by atoms with Crippen molar-refractivity contribution in [2.24, 2.45) is 0 Å². The molecule has 1 amide bonds. The van der Waals surface area contributed by atoms with Crippen molar-refractivity contribution in [1.82, 2.24) is 9.47 Å². The number of nitrogens with zero attached hydrogens (tertiary/aromatic N) is 4. The Labute approximate surface area is 192 Å². The van der Waals surface area contributed by atoms with Gasteiger partial charge in [-0.2, -0.15) is 5.26 Å². The smallest absolute Gasteiger partial charge is 0.239 e. The van der Waals surface area contributed by atoms with E-state index in [0.717, 1.165) is 43.1 Å². The van der Waals surface area contributed by atoms with E-state index in [0.29, 0.717) is 17.9 Å². The van der Waals surface area contributed by atoms with Crippen LogP contribution in [-0.2, 0) is 11.3 Å². The molecule has 0 atom stereocenters. The lowest BCUT2D eigenvalue weighted by Gasteiger charge is -2.35. The van der Waals surface area contributed by atoms with Crippen LogP contribution in [0.3, 0.4) is 0 Å². The number of piperazine rings is 1. The van der Waals surface area contributed by atoms with E-state index in [1.807, 2.05) is 48.1 Å². The molecule has 2 aromatic heterocycles. The lowest BCUT2D eigenvalue weighted by atomic mass is 10.2. The molecule has 3 heterocycles. The Balaban J connectivity index is 1.42. The molecule has 7 nitrogen and oxygen atoms in total. The van der Waals surface area contributed by atoms with Crippen molar-refractivity contribution in [2.75, 3.05) is 42.9 Å². The van der Waals surface area contributed by atoms with Crippen LogP contribution in [0.5, 0.6) is 5.75 Å². The fraction of sp³-hybridized carbons (Fsp3) is 0.333. The van der Waals surface area contributed by atoms with Gasteiger partial charge in [-0.1, -0.05) is 18.2 Å². The molecule has 0 unspecified atom stereocenters. The van der Waals surface area contributed by atoms with Crippen molar-refractivity contribution < 1.29 is 9.90 Å². The monoisotopic (exact) mass is 449 g/mol. The quantitative estimate of drug-likeness (QED) is 0.601. The number of phenolic OH excluding ortho intramolecular Hbond substituents is 1. The summed E-state index contributed by atoms with van der Waals surface area (Å²) >= 11 is 1.66. The molecule has 0 spiro atoms. The molecule has 166 valence electrons. The first-order valence-electron chi connectivity index (χ1n) is 10.6. The summed E-state index contributed by atoms with van der Waals surface area (Å²) in [4.78, 5) is 18.3. The number of para-hydroxylation sites is 2. The summed E-state index contributed by atoms with van der Waals surface area (Å²) in [5.41, 5.74) is 3.24. The van der Waals surface area contributed by atoms with Crippen LogP contribution in [0.1, 0.15) is 21.7 Å². The number of benzene rings is 1. The number of thiophene rings is 1. The molecule has 8 heteroatoms. The Morgan fingerprint density at radius 3 is 2.56 bits per heavy atom. The van der Waals surface area contributed by atoms with Crippen LogP contribution in [0, 0.1) is 25.2 Å². The summed E-state index contributed by atoms with van der Waals surface area (Å²) in [6.07, 6.45) is 0. The maximum absolute atomic E-state index is 12.9. The van der Waals surface area contributed by atoms with Crippen LogP contribution in [-0.4, -0.2) is 53.2 Å². The van der Waals surface area contributed by atoms with Gasteiger partial charge in [0.25, 0.3) is 0 Å². The molecular formula is C24H27N5O2S. The highest BCUT2D eigenvalue weighted by molar-refractivity contribution is 7.09. The molecule has 1 aliphatic heterocycles. The topological polar surface area (TPSA) is 84.5 Å². The Morgan fingerprint density at radius 2 is 1.91 bits per heavy atom. The Morgan fingerprint density at radius 1 is 1.16 bits per heavy atom. The van der Waals surface area contributed by atoms with E-state index in [1.54, 1.807) is 17.4 Å². The van der Waals surface area contributed by atoms with Crippen LogP contribution >= 0.6 is 11.3 Å². The average Bonchev–Trinajstić information content (AvgIpc) is 3.38. The summed E-state index contributed by atoms with van der Waals surface area (Å²) < 4.78 is 2.02. The maximum Gasteiger partial charge on any atom is 0.239 e. The van der Waals surface area contributed by atoms with E-state index in [4.69, 9.17) is 0 Å². The summed E-state index contributed by atoms with van der Waals surface area (Å²) in [5.74, 6) is 0.733. The van der Waals surface area contributed by atoms with E-state index in [2.05, 4.69) is 27.3 Å². The second-order valence-electron chi connectivity index (χ2n) is 8.01. The number of rotatable bonds is 6. The third kappa shape index (κ3) is 4.49. The summed E-state index contributed by atoms with van der Waals surface area (Å²) in [6.45, 7) is 7.72. The van der Waals surface area contributed by atoms with Crippen molar-refractivity contribution in [3.05, 3.63) is 63.5 Å². The van der Waals surface area contributed by atoms with E-state index in [-0.39, 0.29) is 18.2 Å². The van der Waals surface area contributed by atoms with Gasteiger partial charge in [0.15, 0.2) is 0 Å². The van der Waals surface area contributed by atoms with E-state index in [1.165, 1.54) is 4.88 Å². The van der Waals surface area contributed by atoms with Gasteiger partial charge in [0, 0.05) is 36.8 Å². The largest absolute Gasteiger partial charge is 0.506 e. The number of phenols is 1. The molecule has 1 saturated heterocycles. The van der Waals surface area contributed by atoms with Gasteiger partial charge in [0.2, 0.25) is 5.91 Å². The van der Waals surface area contributed by atoms with Crippen LogP contribution in [0.4, 0.5) is 11.5 Å². The number of amides is 1. The number of aromatic hydroxyl groups is 1. The fourth-order valence-corrected chi connectivity index (χ4v) is 4.83. The zero-order valence-electron chi connectivity index (χ0n) is 18.3. The SMILES string of the molecule is Cc1c(C#N)c(NC(=O)CN2CCN(c3ccccc3O)CC2)n(Cc2cccs2)c1C. The number of carbonyl (C=O) groups excluding carboxylic acids is 1. The second-order valence-corrected chi connectivity index (χ2v) is 9.04. The van der Waals surface area contributed by atoms with Crippen molar-refractivity contribution in [3.8, 4) is 11.8 Å². The number of aromatic nitrogens is 1. The van der Waals surface area contributed by atoms with Gasteiger partial charge in [-0.3, -0.25) is 9.69 Å².